The van der Waals surface area contributed by atoms with Gasteiger partial charge >= 0.3 is 0 Å². The number of pyridine rings is 1. The first kappa shape index (κ1) is 16.6. The number of hydrazone groups is 1. The van der Waals surface area contributed by atoms with E-state index in [0.717, 1.165) is 5.56 Å². The maximum Gasteiger partial charge on any atom is 0.273 e. The normalized spacial score (nSPS) is 16.5. The van der Waals surface area contributed by atoms with Gasteiger partial charge in [-0.25, -0.2) is 9.37 Å². The molecule has 0 unspecified atom stereocenters. The standard InChI is InChI=1S/C17H16FN5O2/c1-10-2-7-15(20-9-10)21-17(25)13-8-14(16(19)24)23(22-13)12-5-3-11(18)4-6-12/h2-7,9,14H,8H2,1H3,(H2,19,24)(H,20,21,25)/t14-/m0/s1. The van der Waals surface area contributed by atoms with E-state index in [-0.39, 0.29) is 12.1 Å². The molecule has 2 aromatic rings. The lowest BCUT2D eigenvalue weighted by Gasteiger charge is -2.20. The molecule has 1 atom stereocenters. The van der Waals surface area contributed by atoms with Gasteiger partial charge in [-0.1, -0.05) is 6.07 Å². The molecule has 0 bridgehead atoms. The predicted molar refractivity (Wildman–Crippen MR) is 91.5 cm³/mol. The number of primary amides is 1. The number of aryl methyl sites for hydroxylation is 1. The first-order chi connectivity index (χ1) is 11.9. The molecule has 128 valence electrons. The Balaban J connectivity index is 1.82. The summed E-state index contributed by atoms with van der Waals surface area (Å²) in [7, 11) is 0. The Morgan fingerprint density at radius 1 is 1.24 bits per heavy atom. The summed E-state index contributed by atoms with van der Waals surface area (Å²) in [5, 5.41) is 8.16. The van der Waals surface area contributed by atoms with E-state index in [2.05, 4.69) is 15.4 Å². The highest BCUT2D eigenvalue weighted by atomic mass is 19.1. The van der Waals surface area contributed by atoms with Crippen molar-refractivity contribution in [2.45, 2.75) is 19.4 Å². The molecule has 1 aromatic carbocycles. The molecular weight excluding hydrogens is 325 g/mol. The molecule has 1 aromatic heterocycles. The van der Waals surface area contributed by atoms with E-state index in [1.54, 1.807) is 12.3 Å². The van der Waals surface area contributed by atoms with Gasteiger partial charge < -0.3 is 11.1 Å². The van der Waals surface area contributed by atoms with Gasteiger partial charge in [0, 0.05) is 12.6 Å². The van der Waals surface area contributed by atoms with Crippen LogP contribution < -0.4 is 16.1 Å². The molecule has 25 heavy (non-hydrogen) atoms. The summed E-state index contributed by atoms with van der Waals surface area (Å²) in [6, 6.07) is 8.11. The molecule has 3 N–H and O–H groups in total. The van der Waals surface area contributed by atoms with Crippen LogP contribution in [-0.2, 0) is 9.59 Å². The van der Waals surface area contributed by atoms with Gasteiger partial charge in [-0.05, 0) is 42.8 Å². The second-order valence-electron chi connectivity index (χ2n) is 5.66. The Kier molecular flexibility index (Phi) is 4.42. The first-order valence-corrected chi connectivity index (χ1v) is 7.59. The number of hydrogen-bond donors (Lipinski definition) is 2. The SMILES string of the molecule is Cc1ccc(NC(=O)C2=NN(c3ccc(F)cc3)[C@H](C(N)=O)C2)nc1. The van der Waals surface area contributed by atoms with Crippen molar-refractivity contribution in [2.24, 2.45) is 10.8 Å². The van der Waals surface area contributed by atoms with Crippen LogP contribution in [0.3, 0.4) is 0 Å². The van der Waals surface area contributed by atoms with Gasteiger partial charge in [0.1, 0.15) is 23.4 Å². The lowest BCUT2D eigenvalue weighted by molar-refractivity contribution is -0.119. The minimum atomic E-state index is -0.808. The summed E-state index contributed by atoms with van der Waals surface area (Å²) in [5.41, 5.74) is 7.00. The number of nitrogens with two attached hydrogens (primary N) is 1. The molecule has 8 heteroatoms. The highest BCUT2D eigenvalue weighted by Gasteiger charge is 2.35. The molecule has 2 amide bonds. The fourth-order valence-corrected chi connectivity index (χ4v) is 2.43. The molecule has 0 aliphatic carbocycles. The zero-order valence-corrected chi connectivity index (χ0v) is 13.4. The number of benzene rings is 1. The number of amides is 2. The average Bonchev–Trinajstić information content (AvgIpc) is 3.03. The fourth-order valence-electron chi connectivity index (χ4n) is 2.43. The van der Waals surface area contributed by atoms with E-state index in [1.165, 1.54) is 29.3 Å². The fraction of sp³-hybridized carbons (Fsp3) is 0.176. The third-order valence-electron chi connectivity index (χ3n) is 3.75. The topological polar surface area (TPSA) is 101 Å². The third-order valence-corrected chi connectivity index (χ3v) is 3.75. The van der Waals surface area contributed by atoms with Crippen LogP contribution in [0.5, 0.6) is 0 Å². The number of anilines is 2. The van der Waals surface area contributed by atoms with E-state index in [9.17, 15) is 14.0 Å². The first-order valence-electron chi connectivity index (χ1n) is 7.59. The number of carbonyl (C=O) groups excluding carboxylic acids is 2. The lowest BCUT2D eigenvalue weighted by atomic mass is 10.1. The Morgan fingerprint density at radius 2 is 1.96 bits per heavy atom. The van der Waals surface area contributed by atoms with E-state index in [4.69, 9.17) is 5.73 Å². The van der Waals surface area contributed by atoms with Crippen LogP contribution in [0.4, 0.5) is 15.9 Å². The summed E-state index contributed by atoms with van der Waals surface area (Å²) in [6.07, 6.45) is 1.69. The van der Waals surface area contributed by atoms with Crippen molar-refractivity contribution >= 4 is 29.0 Å². The zero-order valence-electron chi connectivity index (χ0n) is 13.4. The number of nitrogens with one attached hydrogen (secondary N) is 1. The Morgan fingerprint density at radius 3 is 2.56 bits per heavy atom. The molecule has 2 heterocycles. The number of carbonyl (C=O) groups is 2. The Hall–Kier alpha value is -3.29. The van der Waals surface area contributed by atoms with Gasteiger partial charge in [0.05, 0.1) is 5.69 Å². The Bertz CT molecular complexity index is 833. The smallest absolute Gasteiger partial charge is 0.273 e. The predicted octanol–water partition coefficient (Wildman–Crippen LogP) is 1.59. The number of hydrogen-bond acceptors (Lipinski definition) is 5. The summed E-state index contributed by atoms with van der Waals surface area (Å²) in [4.78, 5) is 28.2. The molecular formula is C17H16FN5O2. The number of nitrogens with zero attached hydrogens (tertiary/aromatic N) is 3. The van der Waals surface area contributed by atoms with Crippen molar-refractivity contribution in [3.63, 3.8) is 0 Å². The van der Waals surface area contributed by atoms with E-state index >= 15 is 0 Å². The second-order valence-corrected chi connectivity index (χ2v) is 5.66. The van der Waals surface area contributed by atoms with Crippen molar-refractivity contribution in [1.82, 2.24) is 4.98 Å². The summed E-state index contributed by atoms with van der Waals surface area (Å²) in [5.74, 6) is -1.11. The molecule has 1 aliphatic rings. The monoisotopic (exact) mass is 341 g/mol. The lowest BCUT2D eigenvalue weighted by Crippen LogP contribution is -2.39. The zero-order chi connectivity index (χ0) is 18.0. The minimum Gasteiger partial charge on any atom is -0.368 e. The van der Waals surface area contributed by atoms with Crippen LogP contribution in [-0.4, -0.2) is 28.6 Å². The molecule has 0 fully saturated rings. The molecule has 0 saturated carbocycles. The highest BCUT2D eigenvalue weighted by Crippen LogP contribution is 2.25. The van der Waals surface area contributed by atoms with Gasteiger partial charge in [-0.15, -0.1) is 0 Å². The van der Waals surface area contributed by atoms with Crippen molar-refractivity contribution in [2.75, 3.05) is 10.3 Å². The van der Waals surface area contributed by atoms with E-state index < -0.39 is 23.7 Å². The van der Waals surface area contributed by atoms with Gasteiger partial charge in [-0.3, -0.25) is 14.6 Å². The third kappa shape index (κ3) is 3.63. The van der Waals surface area contributed by atoms with Crippen LogP contribution in [0.25, 0.3) is 0 Å². The molecule has 3 rings (SSSR count). The summed E-state index contributed by atoms with van der Waals surface area (Å²) >= 11 is 0. The van der Waals surface area contributed by atoms with Crippen molar-refractivity contribution in [1.29, 1.82) is 0 Å². The molecule has 0 saturated heterocycles. The van der Waals surface area contributed by atoms with Crippen molar-refractivity contribution < 1.29 is 14.0 Å². The van der Waals surface area contributed by atoms with E-state index in [0.29, 0.717) is 11.5 Å². The minimum absolute atomic E-state index is 0.0599. The quantitative estimate of drug-likeness (QED) is 0.882. The van der Waals surface area contributed by atoms with Crippen LogP contribution in [0, 0.1) is 12.7 Å². The van der Waals surface area contributed by atoms with Crippen LogP contribution in [0.15, 0.2) is 47.7 Å². The second kappa shape index (κ2) is 6.68. The van der Waals surface area contributed by atoms with Gasteiger partial charge in [0.25, 0.3) is 5.91 Å². The maximum absolute atomic E-state index is 13.1. The maximum atomic E-state index is 13.1. The molecule has 0 spiro atoms. The molecule has 0 radical (unpaired) electrons. The Labute approximate surface area is 143 Å². The van der Waals surface area contributed by atoms with Crippen molar-refractivity contribution in [3.8, 4) is 0 Å². The number of aromatic nitrogens is 1. The largest absolute Gasteiger partial charge is 0.368 e. The van der Waals surface area contributed by atoms with Gasteiger partial charge in [0.15, 0.2) is 0 Å². The van der Waals surface area contributed by atoms with Crippen LogP contribution in [0.2, 0.25) is 0 Å². The number of halogens is 1. The summed E-state index contributed by atoms with van der Waals surface area (Å²) in [6.45, 7) is 1.89. The highest BCUT2D eigenvalue weighted by molar-refractivity contribution is 6.44. The van der Waals surface area contributed by atoms with Gasteiger partial charge in [0.2, 0.25) is 5.91 Å². The van der Waals surface area contributed by atoms with Crippen LogP contribution in [0.1, 0.15) is 12.0 Å². The summed E-state index contributed by atoms with van der Waals surface area (Å²) < 4.78 is 13.1. The van der Waals surface area contributed by atoms with E-state index in [1.807, 2.05) is 13.0 Å². The number of rotatable bonds is 4. The molecule has 1 aliphatic heterocycles. The van der Waals surface area contributed by atoms with Crippen molar-refractivity contribution in [3.05, 3.63) is 54.0 Å². The van der Waals surface area contributed by atoms with Gasteiger partial charge in [-0.2, -0.15) is 5.10 Å². The average molecular weight is 341 g/mol. The molecule has 7 nitrogen and oxygen atoms in total. The van der Waals surface area contributed by atoms with Crippen LogP contribution >= 0.6 is 0 Å².